The van der Waals surface area contributed by atoms with E-state index in [1.807, 2.05) is 17.8 Å². The Kier molecular flexibility index (Phi) is 4.81. The van der Waals surface area contributed by atoms with Gasteiger partial charge in [-0.3, -0.25) is 4.79 Å². The summed E-state index contributed by atoms with van der Waals surface area (Å²) in [5.74, 6) is 1.83. The van der Waals surface area contributed by atoms with Crippen molar-refractivity contribution in [2.75, 3.05) is 13.1 Å². The highest BCUT2D eigenvalue weighted by Gasteiger charge is 2.39. The van der Waals surface area contributed by atoms with Crippen molar-refractivity contribution >= 4 is 5.91 Å². The van der Waals surface area contributed by atoms with Gasteiger partial charge < -0.3 is 15.6 Å². The van der Waals surface area contributed by atoms with Crippen molar-refractivity contribution in [2.24, 2.45) is 24.1 Å². The Morgan fingerprint density at radius 1 is 1.55 bits per heavy atom. The summed E-state index contributed by atoms with van der Waals surface area (Å²) in [4.78, 5) is 16.7. The summed E-state index contributed by atoms with van der Waals surface area (Å²) in [6.45, 7) is 3.33. The predicted molar refractivity (Wildman–Crippen MR) is 79.0 cm³/mol. The summed E-state index contributed by atoms with van der Waals surface area (Å²) in [7, 11) is 1.97. The van der Waals surface area contributed by atoms with Crippen molar-refractivity contribution in [1.82, 2.24) is 14.9 Å². The Balaban J connectivity index is 1.85. The number of nitrogens with one attached hydrogen (secondary N) is 1. The Morgan fingerprint density at radius 3 is 2.80 bits per heavy atom. The van der Waals surface area contributed by atoms with E-state index in [9.17, 15) is 4.79 Å². The van der Waals surface area contributed by atoms with Gasteiger partial charge in [0.2, 0.25) is 5.91 Å². The number of aromatic nitrogens is 2. The van der Waals surface area contributed by atoms with Crippen LogP contribution >= 0.6 is 0 Å². The number of nitrogens with zero attached hydrogens (tertiary/aromatic N) is 2. The Labute approximate surface area is 120 Å². The molecule has 0 saturated heterocycles. The zero-order valence-electron chi connectivity index (χ0n) is 12.6. The molecule has 1 fully saturated rings. The maximum atomic E-state index is 12.5. The van der Waals surface area contributed by atoms with Gasteiger partial charge in [0, 0.05) is 39.0 Å². The Morgan fingerprint density at radius 2 is 2.25 bits per heavy atom. The number of hydrogen-bond donors (Lipinski definition) is 2. The summed E-state index contributed by atoms with van der Waals surface area (Å²) >= 11 is 0. The third kappa shape index (κ3) is 3.20. The molecule has 0 radical (unpaired) electrons. The number of rotatable bonds is 5. The molecular weight excluding hydrogens is 252 g/mol. The second kappa shape index (κ2) is 6.39. The van der Waals surface area contributed by atoms with Gasteiger partial charge in [-0.2, -0.15) is 0 Å². The zero-order valence-corrected chi connectivity index (χ0v) is 12.6. The normalized spacial score (nSPS) is 26.4. The molecule has 3 N–H and O–H groups in total. The number of carbonyl (C=O) groups is 1. The topological polar surface area (TPSA) is 72.9 Å². The van der Waals surface area contributed by atoms with Crippen LogP contribution in [0.5, 0.6) is 0 Å². The molecule has 1 aromatic rings. The van der Waals surface area contributed by atoms with Crippen molar-refractivity contribution < 1.29 is 4.79 Å². The smallest absolute Gasteiger partial charge is 0.227 e. The van der Waals surface area contributed by atoms with E-state index in [1.54, 1.807) is 6.20 Å². The number of aryl methyl sites for hydroxylation is 1. The average Bonchev–Trinajstić information content (AvgIpc) is 2.85. The van der Waals surface area contributed by atoms with E-state index in [0.717, 1.165) is 43.8 Å². The van der Waals surface area contributed by atoms with Gasteiger partial charge in [-0.05, 0) is 31.6 Å². The SMILES string of the molecule is CC1CCC(CN)(C(=O)NCCc2nccn2C)CC1. The average molecular weight is 278 g/mol. The maximum Gasteiger partial charge on any atom is 0.227 e. The molecule has 0 bridgehead atoms. The molecule has 0 aromatic carbocycles. The number of nitrogens with two attached hydrogens (primary N) is 1. The van der Waals surface area contributed by atoms with Gasteiger partial charge in [-0.15, -0.1) is 0 Å². The lowest BCUT2D eigenvalue weighted by atomic mass is 9.70. The molecule has 1 aliphatic carbocycles. The van der Waals surface area contributed by atoms with Crippen LogP contribution in [0.2, 0.25) is 0 Å². The van der Waals surface area contributed by atoms with E-state index in [1.165, 1.54) is 0 Å². The molecule has 1 aromatic heterocycles. The number of hydrogen-bond acceptors (Lipinski definition) is 3. The van der Waals surface area contributed by atoms with Crippen LogP contribution in [0.15, 0.2) is 12.4 Å². The van der Waals surface area contributed by atoms with Crippen LogP contribution in [0, 0.1) is 11.3 Å². The molecule has 0 unspecified atom stereocenters. The van der Waals surface area contributed by atoms with Crippen molar-refractivity contribution in [3.05, 3.63) is 18.2 Å². The van der Waals surface area contributed by atoms with Crippen LogP contribution in [0.4, 0.5) is 0 Å². The van der Waals surface area contributed by atoms with Crippen LogP contribution in [0.3, 0.4) is 0 Å². The monoisotopic (exact) mass is 278 g/mol. The third-order valence-electron chi connectivity index (χ3n) is 4.66. The van der Waals surface area contributed by atoms with Crippen LogP contribution < -0.4 is 11.1 Å². The van der Waals surface area contributed by atoms with E-state index < -0.39 is 0 Å². The molecule has 20 heavy (non-hydrogen) atoms. The highest BCUT2D eigenvalue weighted by Crippen LogP contribution is 2.38. The summed E-state index contributed by atoms with van der Waals surface area (Å²) in [6, 6.07) is 0. The van der Waals surface area contributed by atoms with E-state index >= 15 is 0 Å². The van der Waals surface area contributed by atoms with Crippen molar-refractivity contribution in [2.45, 2.75) is 39.0 Å². The Hall–Kier alpha value is -1.36. The molecule has 0 aliphatic heterocycles. The van der Waals surface area contributed by atoms with Gasteiger partial charge in [-0.1, -0.05) is 6.92 Å². The van der Waals surface area contributed by atoms with Gasteiger partial charge in [-0.25, -0.2) is 4.98 Å². The van der Waals surface area contributed by atoms with Crippen LogP contribution in [0.25, 0.3) is 0 Å². The minimum atomic E-state index is -0.339. The highest BCUT2D eigenvalue weighted by molar-refractivity contribution is 5.83. The van der Waals surface area contributed by atoms with Crippen molar-refractivity contribution in [3.63, 3.8) is 0 Å². The van der Waals surface area contributed by atoms with Crippen LogP contribution in [-0.2, 0) is 18.3 Å². The molecule has 5 heteroatoms. The molecular formula is C15H26N4O. The van der Waals surface area contributed by atoms with E-state index in [-0.39, 0.29) is 11.3 Å². The number of carbonyl (C=O) groups excluding carboxylic acids is 1. The van der Waals surface area contributed by atoms with E-state index in [0.29, 0.717) is 13.1 Å². The van der Waals surface area contributed by atoms with Crippen LogP contribution in [-0.4, -0.2) is 28.5 Å². The largest absolute Gasteiger partial charge is 0.355 e. The quantitative estimate of drug-likeness (QED) is 0.851. The van der Waals surface area contributed by atoms with Gasteiger partial charge in [0.05, 0.1) is 5.41 Å². The summed E-state index contributed by atoms with van der Waals surface area (Å²) in [5.41, 5.74) is 5.56. The van der Waals surface area contributed by atoms with Gasteiger partial charge in [0.1, 0.15) is 5.82 Å². The molecule has 1 saturated carbocycles. The summed E-state index contributed by atoms with van der Waals surface area (Å²) in [5, 5.41) is 3.05. The van der Waals surface area contributed by atoms with Crippen molar-refractivity contribution in [3.8, 4) is 0 Å². The minimum Gasteiger partial charge on any atom is -0.355 e. The van der Waals surface area contributed by atoms with Crippen LogP contribution in [0.1, 0.15) is 38.4 Å². The fraction of sp³-hybridized carbons (Fsp3) is 0.733. The molecule has 0 atom stereocenters. The third-order valence-corrected chi connectivity index (χ3v) is 4.66. The first-order valence-corrected chi connectivity index (χ1v) is 7.52. The first kappa shape index (κ1) is 15.0. The maximum absolute atomic E-state index is 12.5. The standard InChI is InChI=1S/C15H26N4O/c1-12-3-6-15(11-16,7-4-12)14(20)18-8-5-13-17-9-10-19(13)2/h9-10,12H,3-8,11,16H2,1-2H3,(H,18,20). The second-order valence-electron chi connectivity index (χ2n) is 6.13. The van der Waals surface area contributed by atoms with Crippen molar-refractivity contribution in [1.29, 1.82) is 0 Å². The fourth-order valence-electron chi connectivity index (χ4n) is 2.95. The van der Waals surface area contributed by atoms with Gasteiger partial charge >= 0.3 is 0 Å². The number of amides is 1. The molecule has 1 aliphatic rings. The molecule has 112 valence electrons. The molecule has 5 nitrogen and oxygen atoms in total. The summed E-state index contributed by atoms with van der Waals surface area (Å²) < 4.78 is 1.98. The first-order chi connectivity index (χ1) is 9.57. The predicted octanol–water partition coefficient (Wildman–Crippen LogP) is 1.23. The molecule has 1 heterocycles. The fourth-order valence-corrected chi connectivity index (χ4v) is 2.95. The van der Waals surface area contributed by atoms with E-state index in [4.69, 9.17) is 5.73 Å². The van der Waals surface area contributed by atoms with Gasteiger partial charge in [0.25, 0.3) is 0 Å². The zero-order chi connectivity index (χ0) is 14.6. The lowest BCUT2D eigenvalue weighted by Crippen LogP contribution is -2.48. The summed E-state index contributed by atoms with van der Waals surface area (Å²) in [6.07, 6.45) is 8.49. The van der Waals surface area contributed by atoms with E-state index in [2.05, 4.69) is 17.2 Å². The second-order valence-corrected chi connectivity index (χ2v) is 6.13. The minimum absolute atomic E-state index is 0.126. The molecule has 2 rings (SSSR count). The number of imidazole rings is 1. The molecule has 0 spiro atoms. The molecule has 1 amide bonds. The Bertz CT molecular complexity index is 446. The lowest BCUT2D eigenvalue weighted by Gasteiger charge is -2.37. The first-order valence-electron chi connectivity index (χ1n) is 7.52. The highest BCUT2D eigenvalue weighted by atomic mass is 16.2. The lowest BCUT2D eigenvalue weighted by molar-refractivity contribution is -0.132. The van der Waals surface area contributed by atoms with Gasteiger partial charge in [0.15, 0.2) is 0 Å².